The molecule has 0 radical (unpaired) electrons. The number of aromatic carboxylic acids is 1. The van der Waals surface area contributed by atoms with Gasteiger partial charge >= 0.3 is 5.97 Å². The zero-order chi connectivity index (χ0) is 21.4. The summed E-state index contributed by atoms with van der Waals surface area (Å²) >= 11 is 0. The molecule has 0 saturated carbocycles. The molecule has 0 aromatic heterocycles. The fourth-order valence-electron chi connectivity index (χ4n) is 3.34. The molecule has 5 heteroatoms. The van der Waals surface area contributed by atoms with Gasteiger partial charge in [0, 0.05) is 24.3 Å². The molecule has 0 bridgehead atoms. The molecule has 1 amide bonds. The second kappa shape index (κ2) is 14.2. The predicted octanol–water partition coefficient (Wildman–Crippen LogP) is 5.74. The fourth-order valence-corrected chi connectivity index (χ4v) is 3.34. The van der Waals surface area contributed by atoms with E-state index in [4.69, 9.17) is 5.11 Å². The van der Waals surface area contributed by atoms with E-state index in [1.165, 1.54) is 44.9 Å². The summed E-state index contributed by atoms with van der Waals surface area (Å²) in [5.41, 5.74) is 2.02. The van der Waals surface area contributed by atoms with Crippen LogP contribution in [0.1, 0.15) is 78.5 Å². The zero-order valence-corrected chi connectivity index (χ0v) is 17.7. The number of carbonyl (C=O) groups is 2. The van der Waals surface area contributed by atoms with Gasteiger partial charge in [0.15, 0.2) is 0 Å². The molecule has 0 aliphatic carbocycles. The van der Waals surface area contributed by atoms with Crippen molar-refractivity contribution in [3.05, 3.63) is 65.7 Å². The monoisotopic (exact) mass is 410 g/mol. The number of anilines is 1. The van der Waals surface area contributed by atoms with Crippen LogP contribution in [0.5, 0.6) is 0 Å². The SMILES string of the molecule is O=C(O)c1ccc(NCCCCCCCCCCCNC(=O)c2ccccc2)cc1. The van der Waals surface area contributed by atoms with Gasteiger partial charge in [-0.15, -0.1) is 0 Å². The highest BCUT2D eigenvalue weighted by molar-refractivity contribution is 5.94. The Hall–Kier alpha value is -2.82. The summed E-state index contributed by atoms with van der Waals surface area (Å²) in [6.07, 6.45) is 10.9. The molecule has 2 aromatic carbocycles. The normalized spacial score (nSPS) is 10.5. The van der Waals surface area contributed by atoms with Gasteiger partial charge in [-0.05, 0) is 49.2 Å². The molecule has 3 N–H and O–H groups in total. The quantitative estimate of drug-likeness (QED) is 0.327. The van der Waals surface area contributed by atoms with Gasteiger partial charge in [-0.2, -0.15) is 0 Å². The van der Waals surface area contributed by atoms with E-state index in [0.29, 0.717) is 5.56 Å². The number of hydrogen-bond acceptors (Lipinski definition) is 3. The third-order valence-electron chi connectivity index (χ3n) is 5.14. The first kappa shape index (κ1) is 23.5. The van der Waals surface area contributed by atoms with Crippen LogP contribution in [0, 0.1) is 0 Å². The first-order valence-corrected chi connectivity index (χ1v) is 11.1. The van der Waals surface area contributed by atoms with Crippen molar-refractivity contribution in [2.75, 3.05) is 18.4 Å². The predicted molar refractivity (Wildman–Crippen MR) is 122 cm³/mol. The van der Waals surface area contributed by atoms with Crippen molar-refractivity contribution in [1.82, 2.24) is 5.32 Å². The lowest BCUT2D eigenvalue weighted by Crippen LogP contribution is -2.24. The van der Waals surface area contributed by atoms with Crippen molar-refractivity contribution in [3.8, 4) is 0 Å². The Labute approximate surface area is 179 Å². The lowest BCUT2D eigenvalue weighted by atomic mass is 10.1. The summed E-state index contributed by atoms with van der Waals surface area (Å²) in [7, 11) is 0. The molecule has 5 nitrogen and oxygen atoms in total. The molecule has 0 aliphatic rings. The van der Waals surface area contributed by atoms with Gasteiger partial charge in [-0.25, -0.2) is 4.79 Å². The van der Waals surface area contributed by atoms with Gasteiger partial charge in [-0.3, -0.25) is 4.79 Å². The molecule has 30 heavy (non-hydrogen) atoms. The number of rotatable bonds is 15. The highest BCUT2D eigenvalue weighted by atomic mass is 16.4. The summed E-state index contributed by atoms with van der Waals surface area (Å²) < 4.78 is 0. The van der Waals surface area contributed by atoms with E-state index < -0.39 is 5.97 Å². The van der Waals surface area contributed by atoms with Crippen molar-refractivity contribution in [2.24, 2.45) is 0 Å². The van der Waals surface area contributed by atoms with Gasteiger partial charge < -0.3 is 15.7 Å². The third-order valence-corrected chi connectivity index (χ3v) is 5.14. The Balaban J connectivity index is 1.36. The summed E-state index contributed by atoms with van der Waals surface area (Å²) in [5, 5.41) is 15.2. The number of carbonyl (C=O) groups excluding carboxylic acids is 1. The van der Waals surface area contributed by atoms with Gasteiger partial charge in [0.2, 0.25) is 0 Å². The molecule has 2 aromatic rings. The van der Waals surface area contributed by atoms with E-state index >= 15 is 0 Å². The number of benzene rings is 2. The molecular weight excluding hydrogens is 376 g/mol. The van der Waals surface area contributed by atoms with Crippen molar-refractivity contribution < 1.29 is 14.7 Å². The number of carboxylic acids is 1. The molecule has 0 atom stereocenters. The molecular formula is C25H34N2O3. The summed E-state index contributed by atoms with van der Waals surface area (Å²) in [6.45, 7) is 1.67. The summed E-state index contributed by atoms with van der Waals surface area (Å²) in [5.74, 6) is -0.876. The molecule has 0 heterocycles. The van der Waals surface area contributed by atoms with Gasteiger partial charge in [0.05, 0.1) is 5.56 Å². The maximum Gasteiger partial charge on any atom is 0.335 e. The van der Waals surface area contributed by atoms with Crippen LogP contribution in [0.4, 0.5) is 5.69 Å². The van der Waals surface area contributed by atoms with E-state index in [-0.39, 0.29) is 5.91 Å². The fraction of sp³-hybridized carbons (Fsp3) is 0.440. The van der Waals surface area contributed by atoms with Crippen molar-refractivity contribution in [1.29, 1.82) is 0 Å². The largest absolute Gasteiger partial charge is 0.478 e. The average molecular weight is 411 g/mol. The number of amides is 1. The lowest BCUT2D eigenvalue weighted by Gasteiger charge is -2.07. The van der Waals surface area contributed by atoms with E-state index in [1.54, 1.807) is 12.1 Å². The lowest BCUT2D eigenvalue weighted by molar-refractivity contribution is 0.0696. The highest BCUT2D eigenvalue weighted by Gasteiger charge is 2.03. The van der Waals surface area contributed by atoms with Gasteiger partial charge in [0.25, 0.3) is 5.91 Å². The molecule has 162 valence electrons. The minimum absolute atomic E-state index is 0.0161. The highest BCUT2D eigenvalue weighted by Crippen LogP contribution is 2.12. The van der Waals surface area contributed by atoms with Crippen LogP contribution < -0.4 is 10.6 Å². The van der Waals surface area contributed by atoms with E-state index in [2.05, 4.69) is 10.6 Å². The molecule has 0 saturated heterocycles. The molecule has 0 aliphatic heterocycles. The third kappa shape index (κ3) is 9.59. The van der Waals surface area contributed by atoms with Crippen LogP contribution in [0.3, 0.4) is 0 Å². The van der Waals surface area contributed by atoms with Crippen molar-refractivity contribution >= 4 is 17.6 Å². The molecule has 2 rings (SSSR count). The van der Waals surface area contributed by atoms with Crippen LogP contribution in [-0.2, 0) is 0 Å². The van der Waals surface area contributed by atoms with Gasteiger partial charge in [-0.1, -0.05) is 63.1 Å². The maximum absolute atomic E-state index is 11.9. The van der Waals surface area contributed by atoms with Gasteiger partial charge in [0.1, 0.15) is 0 Å². The van der Waals surface area contributed by atoms with E-state index in [1.807, 2.05) is 42.5 Å². The Morgan fingerprint density at radius 2 is 1.17 bits per heavy atom. The summed E-state index contributed by atoms with van der Waals surface area (Å²) in [6, 6.07) is 16.2. The minimum atomic E-state index is -0.892. The Morgan fingerprint density at radius 3 is 1.73 bits per heavy atom. The standard InChI is InChI=1S/C25H34N2O3/c28-24(21-13-9-8-10-14-21)27-20-12-7-5-3-1-2-4-6-11-19-26-23-17-15-22(16-18-23)25(29)30/h8-10,13-18,26H,1-7,11-12,19-20H2,(H,27,28)(H,29,30). The van der Waals surface area contributed by atoms with Crippen LogP contribution in [0.15, 0.2) is 54.6 Å². The van der Waals surface area contributed by atoms with Crippen LogP contribution in [0.2, 0.25) is 0 Å². The number of hydrogen-bond donors (Lipinski definition) is 3. The van der Waals surface area contributed by atoms with Crippen LogP contribution >= 0.6 is 0 Å². The van der Waals surface area contributed by atoms with E-state index in [9.17, 15) is 9.59 Å². The molecule has 0 fully saturated rings. The zero-order valence-electron chi connectivity index (χ0n) is 17.7. The van der Waals surface area contributed by atoms with Crippen molar-refractivity contribution in [3.63, 3.8) is 0 Å². The number of carboxylic acid groups (broad SMARTS) is 1. The number of unbranched alkanes of at least 4 members (excludes halogenated alkanes) is 8. The Morgan fingerprint density at radius 1 is 0.633 bits per heavy atom. The first-order chi connectivity index (χ1) is 14.7. The van der Waals surface area contributed by atoms with E-state index in [0.717, 1.165) is 37.2 Å². The number of nitrogens with one attached hydrogen (secondary N) is 2. The topological polar surface area (TPSA) is 78.4 Å². The minimum Gasteiger partial charge on any atom is -0.478 e. The molecule has 0 spiro atoms. The first-order valence-electron chi connectivity index (χ1n) is 11.1. The molecule has 0 unspecified atom stereocenters. The van der Waals surface area contributed by atoms with Crippen LogP contribution in [0.25, 0.3) is 0 Å². The maximum atomic E-state index is 11.9. The second-order valence-electron chi connectivity index (χ2n) is 7.61. The Kier molecular flexibility index (Phi) is 11.1. The Bertz CT molecular complexity index is 745. The average Bonchev–Trinajstić information content (AvgIpc) is 2.77. The smallest absolute Gasteiger partial charge is 0.335 e. The summed E-state index contributed by atoms with van der Waals surface area (Å²) in [4.78, 5) is 22.7. The van der Waals surface area contributed by atoms with Crippen molar-refractivity contribution in [2.45, 2.75) is 57.8 Å². The van der Waals surface area contributed by atoms with Crippen LogP contribution in [-0.4, -0.2) is 30.1 Å². The second-order valence-corrected chi connectivity index (χ2v) is 7.61.